The van der Waals surface area contributed by atoms with Gasteiger partial charge >= 0.3 is 10.2 Å². The van der Waals surface area contributed by atoms with E-state index in [0.29, 0.717) is 0 Å². The van der Waals surface area contributed by atoms with Gasteiger partial charge in [-0.25, -0.2) is 0 Å². The molecule has 1 fully saturated rings. The number of halogens is 1. The third-order valence-electron chi connectivity index (χ3n) is 1.93. The van der Waals surface area contributed by atoms with Gasteiger partial charge in [0.05, 0.1) is 0 Å². The Labute approximate surface area is 76.2 Å². The van der Waals surface area contributed by atoms with Crippen molar-refractivity contribution >= 4 is 16.1 Å². The summed E-state index contributed by atoms with van der Waals surface area (Å²) in [6.45, 7) is 3.61. The van der Waals surface area contributed by atoms with E-state index in [1.165, 1.54) is 11.0 Å². The molecule has 1 unspecified atom stereocenters. The molecule has 6 heteroatoms. The van der Waals surface area contributed by atoms with Crippen molar-refractivity contribution in [3.05, 3.63) is 12.7 Å². The molecule has 1 aliphatic rings. The minimum absolute atomic E-state index is 0.0658. The van der Waals surface area contributed by atoms with E-state index >= 15 is 0 Å². The topological polar surface area (TPSA) is 54.5 Å². The van der Waals surface area contributed by atoms with Crippen molar-refractivity contribution in [1.82, 2.24) is 4.90 Å². The van der Waals surface area contributed by atoms with Gasteiger partial charge < -0.3 is 4.90 Å². The molecule has 0 N–H and O–H groups in total. The molecule has 1 heterocycles. The number of likely N-dealkylation sites (tertiary alicyclic amines) is 1. The minimum Gasteiger partial charge on any atom is -0.338 e. The average molecular weight is 207 g/mol. The molecule has 4 nitrogen and oxygen atoms in total. The Hall–Kier alpha value is -0.910. The van der Waals surface area contributed by atoms with E-state index in [0.717, 1.165) is 0 Å². The molecule has 13 heavy (non-hydrogen) atoms. The lowest BCUT2D eigenvalue weighted by molar-refractivity contribution is -0.127. The maximum absolute atomic E-state index is 12.4. The maximum Gasteiger partial charge on any atom is 0.307 e. The molecule has 1 saturated heterocycles. The Morgan fingerprint density at radius 3 is 2.69 bits per heavy atom. The molecule has 1 aliphatic heterocycles. The molecule has 74 valence electrons. The van der Waals surface area contributed by atoms with Crippen LogP contribution in [0.25, 0.3) is 0 Å². The molecule has 1 atom stereocenters. The zero-order chi connectivity index (χ0) is 10.1. The quantitative estimate of drug-likeness (QED) is 0.486. The lowest BCUT2D eigenvalue weighted by atomic mass is 10.4. The summed E-state index contributed by atoms with van der Waals surface area (Å²) in [6, 6.07) is 0. The summed E-state index contributed by atoms with van der Waals surface area (Å²) in [4.78, 5) is 12.3. The second-order valence-electron chi connectivity index (χ2n) is 2.89. The van der Waals surface area contributed by atoms with Gasteiger partial charge in [0, 0.05) is 19.5 Å². The fraction of sp³-hybridized carbons (Fsp3) is 0.571. The smallest absolute Gasteiger partial charge is 0.307 e. The van der Waals surface area contributed by atoms with Crippen molar-refractivity contribution in [2.24, 2.45) is 0 Å². The average Bonchev–Trinajstić information content (AvgIpc) is 2.32. The third-order valence-corrected chi connectivity index (χ3v) is 3.04. The molecule has 0 aromatic heterocycles. The number of nitrogens with zero attached hydrogens (tertiary/aromatic N) is 1. The molecule has 1 amide bonds. The molecule has 0 aromatic rings. The molecule has 0 aliphatic carbocycles. The molecule has 1 rings (SSSR count). The van der Waals surface area contributed by atoms with Crippen LogP contribution in [-0.2, 0) is 15.0 Å². The summed E-state index contributed by atoms with van der Waals surface area (Å²) in [5, 5.41) is -1.19. The second-order valence-corrected chi connectivity index (χ2v) is 4.51. The van der Waals surface area contributed by atoms with Gasteiger partial charge in [0.15, 0.2) is 0 Å². The Bertz CT molecular complexity index is 325. The van der Waals surface area contributed by atoms with Crippen molar-refractivity contribution in [3.63, 3.8) is 0 Å². The van der Waals surface area contributed by atoms with Gasteiger partial charge in [0.1, 0.15) is 5.25 Å². The van der Waals surface area contributed by atoms with Crippen LogP contribution in [0.3, 0.4) is 0 Å². The van der Waals surface area contributed by atoms with Crippen LogP contribution >= 0.6 is 0 Å². The number of hydrogen-bond donors (Lipinski definition) is 0. The molecule has 0 radical (unpaired) electrons. The second kappa shape index (κ2) is 3.45. The summed E-state index contributed by atoms with van der Waals surface area (Å²) in [6.07, 6.45) is 1.22. The Morgan fingerprint density at radius 1 is 1.69 bits per heavy atom. The van der Waals surface area contributed by atoms with E-state index in [1.54, 1.807) is 0 Å². The number of carbonyl (C=O) groups is 1. The normalized spacial score (nSPS) is 23.6. The van der Waals surface area contributed by atoms with Crippen LogP contribution in [0.2, 0.25) is 0 Å². The summed E-state index contributed by atoms with van der Waals surface area (Å²) >= 11 is 0. The van der Waals surface area contributed by atoms with Gasteiger partial charge in [-0.1, -0.05) is 6.08 Å². The highest BCUT2D eigenvalue weighted by molar-refractivity contribution is 7.87. The van der Waals surface area contributed by atoms with Gasteiger partial charge in [0.25, 0.3) is 0 Å². The predicted octanol–water partition coefficient (Wildman–Crippen LogP) is 0.0726. The first kappa shape index (κ1) is 10.2. The summed E-state index contributed by atoms with van der Waals surface area (Å²) in [5.74, 6) is -0.342. The SMILES string of the molecule is C=CCN1CC(S(=O)(=O)F)CC1=O. The van der Waals surface area contributed by atoms with Crippen molar-refractivity contribution in [2.45, 2.75) is 11.7 Å². The summed E-state index contributed by atoms with van der Waals surface area (Å²) in [7, 11) is -4.58. The van der Waals surface area contributed by atoms with Crippen LogP contribution in [0.1, 0.15) is 6.42 Å². The Balaban J connectivity index is 2.71. The number of amides is 1. The van der Waals surface area contributed by atoms with Crippen LogP contribution in [0.15, 0.2) is 12.7 Å². The largest absolute Gasteiger partial charge is 0.338 e. The van der Waals surface area contributed by atoms with Crippen LogP contribution in [0, 0.1) is 0 Å². The highest BCUT2D eigenvalue weighted by Gasteiger charge is 2.37. The van der Waals surface area contributed by atoms with E-state index in [1.807, 2.05) is 0 Å². The van der Waals surface area contributed by atoms with Crippen LogP contribution < -0.4 is 0 Å². The van der Waals surface area contributed by atoms with Crippen molar-refractivity contribution in [2.75, 3.05) is 13.1 Å². The first-order valence-electron chi connectivity index (χ1n) is 3.77. The summed E-state index contributed by atoms with van der Waals surface area (Å²) in [5.41, 5.74) is 0. The predicted molar refractivity (Wildman–Crippen MR) is 45.2 cm³/mol. The van der Waals surface area contributed by atoms with E-state index in [2.05, 4.69) is 6.58 Å². The van der Waals surface area contributed by atoms with E-state index < -0.39 is 15.5 Å². The number of rotatable bonds is 3. The standard InChI is InChI=1S/C7H10FNO3S/c1-2-3-9-5-6(4-7(9)10)13(8,11)12/h2,6H,1,3-5H2. The zero-order valence-corrected chi connectivity index (χ0v) is 7.76. The van der Waals surface area contributed by atoms with Crippen LogP contribution in [-0.4, -0.2) is 37.6 Å². The first-order chi connectivity index (χ1) is 5.95. The molecule has 0 bridgehead atoms. The highest BCUT2D eigenvalue weighted by Crippen LogP contribution is 2.19. The van der Waals surface area contributed by atoms with E-state index in [-0.39, 0.29) is 25.4 Å². The highest BCUT2D eigenvalue weighted by atomic mass is 32.3. The number of carbonyl (C=O) groups excluding carboxylic acids is 1. The molecule has 0 spiro atoms. The minimum atomic E-state index is -4.58. The van der Waals surface area contributed by atoms with Crippen molar-refractivity contribution in [1.29, 1.82) is 0 Å². The van der Waals surface area contributed by atoms with Crippen LogP contribution in [0.4, 0.5) is 3.89 Å². The van der Waals surface area contributed by atoms with Crippen molar-refractivity contribution in [3.8, 4) is 0 Å². The third kappa shape index (κ3) is 2.27. The molecule has 0 saturated carbocycles. The first-order valence-corrected chi connectivity index (χ1v) is 5.22. The lowest BCUT2D eigenvalue weighted by Gasteiger charge is -2.12. The van der Waals surface area contributed by atoms with Gasteiger partial charge in [-0.3, -0.25) is 4.79 Å². The Kier molecular flexibility index (Phi) is 2.70. The van der Waals surface area contributed by atoms with Crippen molar-refractivity contribution < 1.29 is 17.1 Å². The van der Waals surface area contributed by atoms with Crippen LogP contribution in [0.5, 0.6) is 0 Å². The lowest BCUT2D eigenvalue weighted by Crippen LogP contribution is -2.27. The Morgan fingerprint density at radius 2 is 2.31 bits per heavy atom. The molecule has 0 aromatic carbocycles. The summed E-state index contributed by atoms with van der Waals surface area (Å²) < 4.78 is 33.4. The van der Waals surface area contributed by atoms with Gasteiger partial charge in [-0.05, 0) is 0 Å². The van der Waals surface area contributed by atoms with E-state index in [4.69, 9.17) is 0 Å². The zero-order valence-electron chi connectivity index (χ0n) is 6.94. The van der Waals surface area contributed by atoms with E-state index in [9.17, 15) is 17.1 Å². The molecular formula is C7H10FNO3S. The van der Waals surface area contributed by atoms with Gasteiger partial charge in [0.2, 0.25) is 5.91 Å². The van der Waals surface area contributed by atoms with Gasteiger partial charge in [-0.2, -0.15) is 8.42 Å². The monoisotopic (exact) mass is 207 g/mol. The van der Waals surface area contributed by atoms with Gasteiger partial charge in [-0.15, -0.1) is 10.5 Å². The fourth-order valence-electron chi connectivity index (χ4n) is 1.26. The molecular weight excluding hydrogens is 197 g/mol. The fourth-order valence-corrected chi connectivity index (χ4v) is 1.96. The number of hydrogen-bond acceptors (Lipinski definition) is 3. The maximum atomic E-state index is 12.4.